The highest BCUT2D eigenvalue weighted by Crippen LogP contribution is 2.46. The predicted octanol–water partition coefficient (Wildman–Crippen LogP) is 4.89. The number of methoxy groups -OCH3 is 2. The Morgan fingerprint density at radius 2 is 1.74 bits per heavy atom. The van der Waals surface area contributed by atoms with E-state index in [9.17, 15) is 14.4 Å². The van der Waals surface area contributed by atoms with E-state index in [1.807, 2.05) is 10.3 Å². The van der Waals surface area contributed by atoms with Gasteiger partial charge in [0.25, 0.3) is 0 Å². The number of piperazine rings is 1. The minimum Gasteiger partial charge on any atom is -0.468 e. The van der Waals surface area contributed by atoms with E-state index in [1.54, 1.807) is 24.4 Å². The lowest BCUT2D eigenvalue weighted by Crippen LogP contribution is -2.52. The van der Waals surface area contributed by atoms with Gasteiger partial charge in [0.15, 0.2) is 0 Å². The lowest BCUT2D eigenvalue weighted by Gasteiger charge is -2.40. The number of carbonyl (C=O) groups is 3. The van der Waals surface area contributed by atoms with Crippen LogP contribution in [0.4, 0.5) is 0 Å². The van der Waals surface area contributed by atoms with Crippen molar-refractivity contribution in [1.82, 2.24) is 14.8 Å². The number of hydrogen-bond donors (Lipinski definition) is 1. The van der Waals surface area contributed by atoms with Crippen LogP contribution in [0.3, 0.4) is 0 Å². The zero-order chi connectivity index (χ0) is 32.8. The van der Waals surface area contributed by atoms with Crippen LogP contribution in [-0.2, 0) is 30.3 Å². The molecule has 2 unspecified atom stereocenters. The van der Waals surface area contributed by atoms with Crippen LogP contribution in [0, 0.1) is 11.3 Å². The summed E-state index contributed by atoms with van der Waals surface area (Å²) in [5.74, 6) is -3.48. The Morgan fingerprint density at radius 3 is 2.33 bits per heavy atom. The number of hydrogen-bond acceptors (Lipinski definition) is 10. The largest absolute Gasteiger partial charge is 0.468 e. The van der Waals surface area contributed by atoms with Crippen molar-refractivity contribution in [1.29, 1.82) is 0 Å². The van der Waals surface area contributed by atoms with Crippen LogP contribution in [0.1, 0.15) is 55.0 Å². The van der Waals surface area contributed by atoms with Crippen molar-refractivity contribution in [3.63, 3.8) is 0 Å². The minimum atomic E-state index is -1.02. The van der Waals surface area contributed by atoms with E-state index in [0.29, 0.717) is 43.8 Å². The summed E-state index contributed by atoms with van der Waals surface area (Å²) in [5.41, 5.74) is 7.51. The van der Waals surface area contributed by atoms with Gasteiger partial charge in [-0.1, -0.05) is 42.1 Å². The Kier molecular flexibility index (Phi) is 11.5. The second-order valence-electron chi connectivity index (χ2n) is 12.2. The summed E-state index contributed by atoms with van der Waals surface area (Å²) < 4.78 is 10.5. The number of nitrogens with zero attached hydrogens (tertiary/aromatic N) is 4. The van der Waals surface area contributed by atoms with E-state index in [-0.39, 0.29) is 39.1 Å². The normalized spacial score (nSPS) is 21.7. The molecule has 5 rings (SSSR count). The quantitative estimate of drug-likeness (QED) is 0.331. The molecule has 248 valence electrons. The van der Waals surface area contributed by atoms with Gasteiger partial charge in [-0.3, -0.25) is 19.5 Å². The molecule has 10 nitrogen and oxygen atoms in total. The van der Waals surface area contributed by atoms with Crippen LogP contribution in [0.25, 0.3) is 0 Å². The maximum Gasteiger partial charge on any atom is 0.336 e. The average molecular weight is 691 g/mol. The summed E-state index contributed by atoms with van der Waals surface area (Å²) in [6, 6.07) is 4.99. The first-order valence-corrected chi connectivity index (χ1v) is 17.3. The molecule has 1 saturated carbocycles. The molecule has 46 heavy (non-hydrogen) atoms. The van der Waals surface area contributed by atoms with Crippen LogP contribution in [0.5, 0.6) is 0 Å². The fraction of sp³-hybridized carbons (Fsp3) is 0.545. The predicted molar refractivity (Wildman–Crippen MR) is 179 cm³/mol. The first-order valence-electron chi connectivity index (χ1n) is 15.7. The first-order chi connectivity index (χ1) is 22.2. The first kappa shape index (κ1) is 34.5. The van der Waals surface area contributed by atoms with Gasteiger partial charge >= 0.3 is 11.9 Å². The van der Waals surface area contributed by atoms with Crippen LogP contribution >= 0.6 is 34.5 Å². The van der Waals surface area contributed by atoms with Crippen molar-refractivity contribution in [3.8, 4) is 0 Å². The molecule has 3 aliphatic rings. The summed E-state index contributed by atoms with van der Waals surface area (Å²) in [6.07, 6.45) is 7.17. The van der Waals surface area contributed by atoms with E-state index in [1.165, 1.54) is 38.4 Å². The highest BCUT2D eigenvalue weighted by atomic mass is 35.5. The molecular formula is C33H41Cl2N5O5S. The van der Waals surface area contributed by atoms with Crippen LogP contribution < -0.4 is 5.73 Å². The third kappa shape index (κ3) is 7.49. The maximum atomic E-state index is 13.9. The molecule has 1 saturated heterocycles. The van der Waals surface area contributed by atoms with Gasteiger partial charge < -0.3 is 20.1 Å². The smallest absolute Gasteiger partial charge is 0.336 e. The maximum absolute atomic E-state index is 13.9. The molecule has 0 spiro atoms. The molecule has 1 aromatic heterocycles. The highest BCUT2D eigenvalue weighted by molar-refractivity contribution is 7.09. The van der Waals surface area contributed by atoms with Crippen LogP contribution in [0.2, 0.25) is 10.0 Å². The van der Waals surface area contributed by atoms with E-state index >= 15 is 0 Å². The number of amides is 1. The van der Waals surface area contributed by atoms with Crippen molar-refractivity contribution >= 4 is 58.1 Å². The molecular weight excluding hydrogens is 649 g/mol. The second-order valence-corrected chi connectivity index (χ2v) is 14.0. The summed E-state index contributed by atoms with van der Waals surface area (Å²) in [7, 11) is 2.54. The standard InChI is InChI=1S/C33H41Cl2N5O5S/c1-44-31(42)28-23(8-9-25-37-12-17-46-25)38-24(29(32(43)45-2)30(28)27-21(34)6-5-7-22(27)35)18-26(41)40-15-13-39(14-16-40)20-33(19-36)10-3-4-11-33/h5-7,12,17,28,30H,3-4,8-11,13-16,18-20,36H2,1-2H3. The molecule has 0 radical (unpaired) electrons. The molecule has 3 heterocycles. The summed E-state index contributed by atoms with van der Waals surface area (Å²) in [4.78, 5) is 54.4. The molecule has 13 heteroatoms. The van der Waals surface area contributed by atoms with Gasteiger partial charge in [0.2, 0.25) is 5.91 Å². The number of ether oxygens (including phenoxy) is 2. The molecule has 2 aliphatic heterocycles. The van der Waals surface area contributed by atoms with Crippen molar-refractivity contribution in [2.75, 3.05) is 53.5 Å². The Hall–Kier alpha value is -2.83. The summed E-state index contributed by atoms with van der Waals surface area (Å²) in [6.45, 7) is 4.26. The van der Waals surface area contributed by atoms with Gasteiger partial charge in [-0.2, -0.15) is 0 Å². The molecule has 2 aromatic rings. The zero-order valence-corrected chi connectivity index (χ0v) is 28.6. The van der Waals surface area contributed by atoms with Gasteiger partial charge in [0, 0.05) is 72.4 Å². The van der Waals surface area contributed by atoms with Crippen LogP contribution in [0.15, 0.2) is 46.0 Å². The molecule has 2 atom stereocenters. The number of halogens is 2. The lowest BCUT2D eigenvalue weighted by atomic mass is 9.74. The number of aromatic nitrogens is 1. The van der Waals surface area contributed by atoms with E-state index in [0.717, 1.165) is 37.5 Å². The Labute approximate surface area is 283 Å². The zero-order valence-electron chi connectivity index (χ0n) is 26.3. The van der Waals surface area contributed by atoms with Gasteiger partial charge in [-0.15, -0.1) is 11.3 Å². The number of aliphatic imine (C=N–C) groups is 1. The molecule has 2 N–H and O–H groups in total. The number of rotatable bonds is 11. The molecule has 1 aromatic carbocycles. The lowest BCUT2D eigenvalue weighted by molar-refractivity contribution is -0.143. The fourth-order valence-corrected chi connectivity index (χ4v) is 8.36. The highest BCUT2D eigenvalue weighted by Gasteiger charge is 2.46. The molecule has 1 aliphatic carbocycles. The molecule has 2 fully saturated rings. The number of esters is 2. The third-order valence-electron chi connectivity index (χ3n) is 9.54. The van der Waals surface area contributed by atoms with Crippen LogP contribution in [-0.4, -0.2) is 91.8 Å². The summed E-state index contributed by atoms with van der Waals surface area (Å²) >= 11 is 14.9. The van der Waals surface area contributed by atoms with Gasteiger partial charge in [0.1, 0.15) is 5.92 Å². The van der Waals surface area contributed by atoms with Gasteiger partial charge in [0.05, 0.1) is 36.9 Å². The van der Waals surface area contributed by atoms with Crippen molar-refractivity contribution in [3.05, 3.63) is 61.7 Å². The Bertz CT molecular complexity index is 1460. The Balaban J connectivity index is 1.48. The topological polar surface area (TPSA) is 127 Å². The van der Waals surface area contributed by atoms with Gasteiger partial charge in [-0.05, 0) is 48.9 Å². The molecule has 1 amide bonds. The minimum absolute atomic E-state index is 0.0732. The van der Waals surface area contributed by atoms with E-state index < -0.39 is 23.8 Å². The van der Waals surface area contributed by atoms with E-state index in [4.69, 9.17) is 43.4 Å². The van der Waals surface area contributed by atoms with Crippen molar-refractivity contribution < 1.29 is 23.9 Å². The monoisotopic (exact) mass is 689 g/mol. The molecule has 0 bridgehead atoms. The summed E-state index contributed by atoms with van der Waals surface area (Å²) in [5, 5.41) is 3.29. The van der Waals surface area contributed by atoms with Gasteiger partial charge in [-0.25, -0.2) is 9.78 Å². The van der Waals surface area contributed by atoms with E-state index in [2.05, 4.69) is 9.88 Å². The fourth-order valence-electron chi connectivity index (χ4n) is 7.11. The number of benzene rings is 1. The number of thiazole rings is 1. The Morgan fingerprint density at radius 1 is 1.04 bits per heavy atom. The van der Waals surface area contributed by atoms with Crippen molar-refractivity contribution in [2.45, 2.75) is 50.9 Å². The second kappa shape index (κ2) is 15.4. The number of carbonyl (C=O) groups excluding carboxylic acids is 3. The number of aryl methyl sites for hydroxylation is 1. The average Bonchev–Trinajstić information content (AvgIpc) is 3.76. The third-order valence-corrected chi connectivity index (χ3v) is 11.0. The SMILES string of the molecule is COC(=O)C1=C(CC(=O)N2CCN(CC3(CN)CCCC3)CC2)N=C(CCc2nccs2)C(C(=O)OC)C1c1c(Cl)cccc1Cl. The number of nitrogens with two attached hydrogens (primary N) is 1. The van der Waals surface area contributed by atoms with Crippen molar-refractivity contribution in [2.24, 2.45) is 22.1 Å².